The lowest BCUT2D eigenvalue weighted by molar-refractivity contribution is -0.170. The molecule has 2 aliphatic heterocycles. The number of esters is 1. The van der Waals surface area contributed by atoms with E-state index in [-0.39, 0.29) is 5.97 Å². The van der Waals surface area contributed by atoms with Crippen LogP contribution in [0.2, 0.25) is 0 Å². The number of nitrogens with zero attached hydrogens (tertiary/aromatic N) is 2. The average Bonchev–Trinajstić information content (AvgIpc) is 2.79. The number of fused-ring (bicyclic) bond motifs is 1. The molecule has 170 valence electrons. The zero-order valence-corrected chi connectivity index (χ0v) is 18.6. The summed E-state index contributed by atoms with van der Waals surface area (Å²) < 4.78 is 11.1. The lowest BCUT2D eigenvalue weighted by atomic mass is 9.61. The summed E-state index contributed by atoms with van der Waals surface area (Å²) >= 11 is 0. The monoisotopic (exact) mass is 429 g/mol. The normalized spacial score (nSPS) is 29.8. The number of carbonyl (C=O) groups is 2. The molecule has 0 aromatic heterocycles. The van der Waals surface area contributed by atoms with Crippen LogP contribution >= 0.6 is 0 Å². The van der Waals surface area contributed by atoms with Crippen molar-refractivity contribution in [3.05, 3.63) is 35.4 Å². The Kier molecular flexibility index (Phi) is 6.94. The number of nitrogens with two attached hydrogens (primary N) is 1. The molecule has 0 unspecified atom stereocenters. The highest BCUT2D eigenvalue weighted by molar-refractivity contribution is 5.92. The van der Waals surface area contributed by atoms with Crippen LogP contribution in [-0.4, -0.2) is 73.7 Å². The Morgan fingerprint density at radius 2 is 1.90 bits per heavy atom. The third-order valence-electron chi connectivity index (χ3n) is 7.45. The van der Waals surface area contributed by atoms with E-state index < -0.39 is 11.3 Å². The minimum Gasteiger partial charge on any atom is -0.466 e. The van der Waals surface area contributed by atoms with E-state index in [1.807, 2.05) is 19.1 Å². The number of hydrogen-bond donors (Lipinski definition) is 1. The van der Waals surface area contributed by atoms with Crippen LogP contribution in [0.4, 0.5) is 0 Å². The second kappa shape index (κ2) is 9.67. The van der Waals surface area contributed by atoms with Gasteiger partial charge in [0.2, 0.25) is 5.91 Å². The topological polar surface area (TPSA) is 85.1 Å². The van der Waals surface area contributed by atoms with Crippen molar-refractivity contribution in [1.82, 2.24) is 9.80 Å². The standard InChI is InChI=1S/C24H35N3O4/c1-2-31-23(29)24-9-7-21(27-11-13-30-14-12-27)15-20(24)8-10-26(17-24)16-18-3-5-19(6-4-18)22(25)28/h3-6,20-21H,2,7-17H2,1H3,(H2,25,28)/t20-,21-,24-/m1/s1. The second-order valence-electron chi connectivity index (χ2n) is 9.21. The second-order valence-corrected chi connectivity index (χ2v) is 9.21. The summed E-state index contributed by atoms with van der Waals surface area (Å²) in [6, 6.07) is 8.01. The van der Waals surface area contributed by atoms with Crippen molar-refractivity contribution in [3.8, 4) is 0 Å². The predicted octanol–water partition coefficient (Wildman–Crippen LogP) is 2.04. The summed E-state index contributed by atoms with van der Waals surface area (Å²) in [5.74, 6) is -0.0681. The number of benzene rings is 1. The third kappa shape index (κ3) is 4.78. The number of ether oxygens (including phenoxy) is 2. The molecule has 1 aromatic rings. The Labute approximate surface area is 184 Å². The summed E-state index contributed by atoms with van der Waals surface area (Å²) in [6.45, 7) is 8.41. The van der Waals surface area contributed by atoms with Crippen LogP contribution in [0.25, 0.3) is 0 Å². The van der Waals surface area contributed by atoms with E-state index in [1.54, 1.807) is 12.1 Å². The van der Waals surface area contributed by atoms with Gasteiger partial charge in [-0.3, -0.25) is 19.4 Å². The Hall–Kier alpha value is -1.96. The zero-order chi connectivity index (χ0) is 21.8. The first kappa shape index (κ1) is 22.2. The van der Waals surface area contributed by atoms with Gasteiger partial charge in [-0.1, -0.05) is 12.1 Å². The molecule has 1 aliphatic carbocycles. The lowest BCUT2D eigenvalue weighted by Crippen LogP contribution is -2.58. The molecule has 2 saturated heterocycles. The summed E-state index contributed by atoms with van der Waals surface area (Å²) in [7, 11) is 0. The molecule has 2 heterocycles. The van der Waals surface area contributed by atoms with Crippen LogP contribution in [0, 0.1) is 11.3 Å². The van der Waals surface area contributed by atoms with Gasteiger partial charge in [-0.05, 0) is 62.8 Å². The van der Waals surface area contributed by atoms with Crippen molar-refractivity contribution < 1.29 is 19.1 Å². The van der Waals surface area contributed by atoms with Crippen LogP contribution in [0.3, 0.4) is 0 Å². The quantitative estimate of drug-likeness (QED) is 0.697. The van der Waals surface area contributed by atoms with Crippen LogP contribution in [-0.2, 0) is 20.8 Å². The highest BCUT2D eigenvalue weighted by Gasteiger charge is 2.53. The largest absolute Gasteiger partial charge is 0.466 e. The molecule has 0 radical (unpaired) electrons. The number of piperidine rings is 1. The van der Waals surface area contributed by atoms with E-state index in [0.29, 0.717) is 24.1 Å². The van der Waals surface area contributed by atoms with Gasteiger partial charge in [-0.15, -0.1) is 0 Å². The maximum Gasteiger partial charge on any atom is 0.313 e. The van der Waals surface area contributed by atoms with Crippen LogP contribution in [0.1, 0.15) is 48.5 Å². The van der Waals surface area contributed by atoms with E-state index in [1.165, 1.54) is 0 Å². The molecule has 3 fully saturated rings. The predicted molar refractivity (Wildman–Crippen MR) is 117 cm³/mol. The number of morpholine rings is 1. The summed E-state index contributed by atoms with van der Waals surface area (Å²) in [5.41, 5.74) is 6.59. The first-order valence-corrected chi connectivity index (χ1v) is 11.6. The average molecular weight is 430 g/mol. The van der Waals surface area contributed by atoms with Crippen molar-refractivity contribution in [1.29, 1.82) is 0 Å². The zero-order valence-electron chi connectivity index (χ0n) is 18.6. The third-order valence-corrected chi connectivity index (χ3v) is 7.45. The van der Waals surface area contributed by atoms with E-state index in [4.69, 9.17) is 15.2 Å². The SMILES string of the molecule is CCOC(=O)[C@@]12CC[C@@H](N3CCOCC3)C[C@H]1CCN(Cc1ccc(C(N)=O)cc1)C2. The van der Waals surface area contributed by atoms with E-state index in [9.17, 15) is 9.59 Å². The molecule has 1 aromatic carbocycles. The lowest BCUT2D eigenvalue weighted by Gasteiger charge is -2.52. The number of likely N-dealkylation sites (tertiary alicyclic amines) is 1. The summed E-state index contributed by atoms with van der Waals surface area (Å²) in [6.07, 6.45) is 4.01. The molecule has 31 heavy (non-hydrogen) atoms. The molecule has 3 atom stereocenters. The maximum absolute atomic E-state index is 13.2. The van der Waals surface area contributed by atoms with E-state index >= 15 is 0 Å². The van der Waals surface area contributed by atoms with Gasteiger partial charge in [0.25, 0.3) is 0 Å². The van der Waals surface area contributed by atoms with Crippen molar-refractivity contribution in [2.45, 2.75) is 45.2 Å². The Bertz CT molecular complexity index is 778. The smallest absolute Gasteiger partial charge is 0.313 e. The molecule has 0 spiro atoms. The molecule has 7 heteroatoms. The van der Waals surface area contributed by atoms with Crippen LogP contribution in [0.5, 0.6) is 0 Å². The van der Waals surface area contributed by atoms with Gasteiger partial charge in [0.1, 0.15) is 0 Å². The van der Waals surface area contributed by atoms with Crippen molar-refractivity contribution in [2.24, 2.45) is 17.1 Å². The Balaban J connectivity index is 1.46. The Morgan fingerprint density at radius 1 is 1.16 bits per heavy atom. The number of amides is 1. The molecular formula is C24H35N3O4. The fraction of sp³-hybridized carbons (Fsp3) is 0.667. The fourth-order valence-corrected chi connectivity index (χ4v) is 5.77. The van der Waals surface area contributed by atoms with Gasteiger partial charge in [-0.25, -0.2) is 0 Å². The molecular weight excluding hydrogens is 394 g/mol. The highest BCUT2D eigenvalue weighted by Crippen LogP contribution is 2.48. The van der Waals surface area contributed by atoms with Gasteiger partial charge in [-0.2, -0.15) is 0 Å². The van der Waals surface area contributed by atoms with Gasteiger partial charge in [0.15, 0.2) is 0 Å². The molecule has 3 aliphatic rings. The number of rotatable bonds is 6. The number of carbonyl (C=O) groups excluding carboxylic acids is 2. The van der Waals surface area contributed by atoms with E-state index in [2.05, 4.69) is 9.80 Å². The first-order valence-electron chi connectivity index (χ1n) is 11.6. The molecule has 0 bridgehead atoms. The van der Waals surface area contributed by atoms with Crippen molar-refractivity contribution >= 4 is 11.9 Å². The fourth-order valence-electron chi connectivity index (χ4n) is 5.77. The molecule has 7 nitrogen and oxygen atoms in total. The summed E-state index contributed by atoms with van der Waals surface area (Å²) in [5, 5.41) is 0. The van der Waals surface area contributed by atoms with Crippen molar-refractivity contribution in [2.75, 3.05) is 46.0 Å². The molecule has 2 N–H and O–H groups in total. The summed E-state index contributed by atoms with van der Waals surface area (Å²) in [4.78, 5) is 29.5. The highest BCUT2D eigenvalue weighted by atomic mass is 16.5. The van der Waals surface area contributed by atoms with Crippen LogP contribution < -0.4 is 5.73 Å². The minimum absolute atomic E-state index is 0.0193. The van der Waals surface area contributed by atoms with E-state index in [0.717, 1.165) is 77.2 Å². The van der Waals surface area contributed by atoms with Gasteiger partial charge in [0.05, 0.1) is 25.2 Å². The minimum atomic E-state index is -0.412. The Morgan fingerprint density at radius 3 is 2.58 bits per heavy atom. The molecule has 4 rings (SSSR count). The van der Waals surface area contributed by atoms with Gasteiger partial charge < -0.3 is 15.2 Å². The first-order chi connectivity index (χ1) is 15.0. The number of hydrogen-bond acceptors (Lipinski definition) is 6. The van der Waals surface area contributed by atoms with Crippen LogP contribution in [0.15, 0.2) is 24.3 Å². The van der Waals surface area contributed by atoms with Gasteiger partial charge in [0, 0.05) is 37.8 Å². The van der Waals surface area contributed by atoms with Gasteiger partial charge >= 0.3 is 5.97 Å². The molecule has 1 saturated carbocycles. The molecule has 1 amide bonds. The van der Waals surface area contributed by atoms with Crippen molar-refractivity contribution in [3.63, 3.8) is 0 Å². The number of primary amides is 1. The maximum atomic E-state index is 13.2.